The molecule has 0 bridgehead atoms. The van der Waals surface area contributed by atoms with Crippen LogP contribution in [0.15, 0.2) is 23.8 Å². The van der Waals surface area contributed by atoms with Crippen LogP contribution in [0.3, 0.4) is 0 Å². The average Bonchev–Trinajstić information content (AvgIpc) is 2.14. The second-order valence-electron chi connectivity index (χ2n) is 5.40. The Labute approximate surface area is 101 Å². The van der Waals surface area contributed by atoms with Gasteiger partial charge in [-0.15, -0.1) is 0 Å². The minimum Gasteiger partial charge on any atom is -0.549 e. The predicted octanol–water partition coefficient (Wildman–Crippen LogP) is -0.349. The monoisotopic (exact) mass is 236 g/mol. The number of carboxylic acids is 2. The Bertz CT molecular complexity index is 412. The molecule has 2 atom stereocenters. The highest BCUT2D eigenvalue weighted by atomic mass is 16.4. The fourth-order valence-corrected chi connectivity index (χ4v) is 2.53. The molecule has 2 unspecified atom stereocenters. The highest BCUT2D eigenvalue weighted by Gasteiger charge is 2.47. The van der Waals surface area contributed by atoms with Crippen LogP contribution in [0, 0.1) is 16.7 Å². The molecule has 4 nitrogen and oxygen atoms in total. The minimum absolute atomic E-state index is 0.00775. The lowest BCUT2D eigenvalue weighted by molar-refractivity contribution is -0.324. The van der Waals surface area contributed by atoms with E-state index in [0.717, 1.165) is 0 Å². The van der Waals surface area contributed by atoms with Crippen molar-refractivity contribution in [3.8, 4) is 0 Å². The van der Waals surface area contributed by atoms with Crippen molar-refractivity contribution in [3.05, 3.63) is 23.8 Å². The first-order chi connectivity index (χ1) is 7.64. The van der Waals surface area contributed by atoms with Crippen LogP contribution in [-0.4, -0.2) is 11.9 Å². The van der Waals surface area contributed by atoms with Crippen LogP contribution in [0.1, 0.15) is 27.7 Å². The van der Waals surface area contributed by atoms with E-state index < -0.39 is 28.7 Å². The molecule has 0 N–H and O–H groups in total. The Balaban J connectivity index is 3.39. The Hall–Kier alpha value is -1.58. The molecule has 17 heavy (non-hydrogen) atoms. The van der Waals surface area contributed by atoms with Crippen molar-refractivity contribution >= 4 is 11.9 Å². The summed E-state index contributed by atoms with van der Waals surface area (Å²) in [6, 6.07) is 0. The van der Waals surface area contributed by atoms with Gasteiger partial charge in [-0.3, -0.25) is 0 Å². The van der Waals surface area contributed by atoms with Gasteiger partial charge in [-0.2, -0.15) is 0 Å². The van der Waals surface area contributed by atoms with Gasteiger partial charge < -0.3 is 19.8 Å². The molecule has 0 aromatic heterocycles. The first kappa shape index (κ1) is 13.5. The third-order valence-electron chi connectivity index (χ3n) is 3.60. The average molecular weight is 236 g/mol. The smallest absolute Gasteiger partial charge is 0.0678 e. The maximum absolute atomic E-state index is 11.5. The molecule has 0 radical (unpaired) electrons. The fraction of sp³-hybridized carbons (Fsp3) is 0.538. The second-order valence-corrected chi connectivity index (χ2v) is 5.40. The second kappa shape index (κ2) is 4.02. The van der Waals surface area contributed by atoms with Crippen molar-refractivity contribution in [2.24, 2.45) is 16.7 Å². The number of carbonyl (C=O) groups excluding carboxylic acids is 2. The summed E-state index contributed by atoms with van der Waals surface area (Å²) in [5.74, 6) is -3.29. The van der Waals surface area contributed by atoms with Crippen molar-refractivity contribution in [1.29, 1.82) is 0 Å². The van der Waals surface area contributed by atoms with Gasteiger partial charge in [0, 0.05) is 5.41 Å². The highest BCUT2D eigenvalue weighted by molar-refractivity contribution is 5.89. The van der Waals surface area contributed by atoms with Crippen LogP contribution in [0.5, 0.6) is 0 Å². The van der Waals surface area contributed by atoms with Gasteiger partial charge in [-0.25, -0.2) is 0 Å². The number of rotatable bonds is 2. The summed E-state index contributed by atoms with van der Waals surface area (Å²) < 4.78 is 0. The summed E-state index contributed by atoms with van der Waals surface area (Å²) in [5, 5.41) is 22.5. The highest BCUT2D eigenvalue weighted by Crippen LogP contribution is 2.49. The summed E-state index contributed by atoms with van der Waals surface area (Å²) in [4.78, 5) is 22.5. The zero-order chi connectivity index (χ0) is 13.4. The van der Waals surface area contributed by atoms with E-state index in [-0.39, 0.29) is 5.57 Å². The molecule has 0 saturated heterocycles. The molecule has 1 aliphatic rings. The molecule has 0 aromatic carbocycles. The van der Waals surface area contributed by atoms with Crippen molar-refractivity contribution in [2.45, 2.75) is 27.7 Å². The zero-order valence-electron chi connectivity index (χ0n) is 10.4. The number of hydrogen-bond donors (Lipinski definition) is 0. The number of aliphatic carboxylic acids is 2. The van der Waals surface area contributed by atoms with Gasteiger partial charge in [-0.1, -0.05) is 45.9 Å². The topological polar surface area (TPSA) is 80.3 Å². The molecule has 0 amide bonds. The molecule has 0 saturated carbocycles. The summed E-state index contributed by atoms with van der Waals surface area (Å²) in [5.41, 5.74) is -2.00. The van der Waals surface area contributed by atoms with E-state index in [4.69, 9.17) is 0 Å². The Morgan fingerprint density at radius 3 is 2.18 bits per heavy atom. The van der Waals surface area contributed by atoms with Crippen LogP contribution in [-0.2, 0) is 9.59 Å². The van der Waals surface area contributed by atoms with Crippen LogP contribution in [0.4, 0.5) is 0 Å². The summed E-state index contributed by atoms with van der Waals surface area (Å²) in [6.45, 7) is 6.83. The van der Waals surface area contributed by atoms with Gasteiger partial charge in [-0.05, 0) is 16.9 Å². The molecule has 1 aliphatic carbocycles. The summed E-state index contributed by atoms with van der Waals surface area (Å²) in [6.07, 6.45) is 4.35. The third kappa shape index (κ3) is 1.88. The van der Waals surface area contributed by atoms with E-state index in [9.17, 15) is 19.8 Å². The lowest BCUT2D eigenvalue weighted by Crippen LogP contribution is -2.55. The van der Waals surface area contributed by atoms with Crippen LogP contribution in [0.25, 0.3) is 0 Å². The third-order valence-corrected chi connectivity index (χ3v) is 3.60. The molecule has 4 heteroatoms. The number of allylic oxidation sites excluding steroid dienone is 2. The van der Waals surface area contributed by atoms with Crippen LogP contribution in [0.2, 0.25) is 0 Å². The van der Waals surface area contributed by atoms with Crippen molar-refractivity contribution < 1.29 is 19.8 Å². The van der Waals surface area contributed by atoms with E-state index >= 15 is 0 Å². The standard InChI is InChI=1S/C13H18O4/c1-8-9(10(14)15)6-5-7-13(8,11(16)17)12(2,3)4/h5-8H,1-4H3,(H,14,15)(H,16,17)/p-2. The largest absolute Gasteiger partial charge is 0.549 e. The van der Waals surface area contributed by atoms with Gasteiger partial charge in [0.2, 0.25) is 0 Å². The molecule has 94 valence electrons. The minimum atomic E-state index is -1.34. The Morgan fingerprint density at radius 2 is 1.82 bits per heavy atom. The van der Waals surface area contributed by atoms with Gasteiger partial charge in [0.1, 0.15) is 0 Å². The zero-order valence-corrected chi connectivity index (χ0v) is 10.4. The van der Waals surface area contributed by atoms with E-state index in [0.29, 0.717) is 0 Å². The normalized spacial score (nSPS) is 28.7. The molecular weight excluding hydrogens is 220 g/mol. The molecule has 1 rings (SSSR count). The number of carboxylic acid groups (broad SMARTS) is 2. The van der Waals surface area contributed by atoms with Gasteiger partial charge in [0.25, 0.3) is 0 Å². The lowest BCUT2D eigenvalue weighted by Gasteiger charge is -2.50. The van der Waals surface area contributed by atoms with Gasteiger partial charge in [0.15, 0.2) is 0 Å². The molecule has 0 heterocycles. The Kier molecular flexibility index (Phi) is 3.19. The van der Waals surface area contributed by atoms with Gasteiger partial charge in [0.05, 0.1) is 11.9 Å². The van der Waals surface area contributed by atoms with E-state index in [1.807, 2.05) is 0 Å². The summed E-state index contributed by atoms with van der Waals surface area (Å²) >= 11 is 0. The van der Waals surface area contributed by atoms with E-state index in [1.165, 1.54) is 18.2 Å². The Morgan fingerprint density at radius 1 is 1.29 bits per heavy atom. The quantitative estimate of drug-likeness (QED) is 0.656. The van der Waals surface area contributed by atoms with E-state index in [1.54, 1.807) is 27.7 Å². The molecular formula is C13H16O4-2. The predicted molar refractivity (Wildman–Crippen MR) is 58.3 cm³/mol. The van der Waals surface area contributed by atoms with Crippen molar-refractivity contribution in [1.82, 2.24) is 0 Å². The fourth-order valence-electron chi connectivity index (χ4n) is 2.53. The molecule has 0 aromatic rings. The van der Waals surface area contributed by atoms with Crippen LogP contribution < -0.4 is 10.2 Å². The lowest BCUT2D eigenvalue weighted by atomic mass is 9.57. The van der Waals surface area contributed by atoms with E-state index in [2.05, 4.69) is 0 Å². The first-order valence-corrected chi connectivity index (χ1v) is 5.47. The number of hydrogen-bond acceptors (Lipinski definition) is 4. The van der Waals surface area contributed by atoms with Crippen molar-refractivity contribution in [2.75, 3.05) is 0 Å². The number of carbonyl (C=O) groups is 2. The maximum Gasteiger partial charge on any atom is 0.0678 e. The van der Waals surface area contributed by atoms with Crippen molar-refractivity contribution in [3.63, 3.8) is 0 Å². The summed E-state index contributed by atoms with van der Waals surface area (Å²) in [7, 11) is 0. The van der Waals surface area contributed by atoms with Gasteiger partial charge >= 0.3 is 0 Å². The first-order valence-electron chi connectivity index (χ1n) is 5.47. The molecule has 0 fully saturated rings. The van der Waals surface area contributed by atoms with Crippen LogP contribution >= 0.6 is 0 Å². The maximum atomic E-state index is 11.5. The SMILES string of the molecule is CC1C(C(=O)[O-])=CC=CC1(C(=O)[O-])C(C)(C)C. The molecule has 0 spiro atoms. The molecule has 0 aliphatic heterocycles.